The zero-order valence-corrected chi connectivity index (χ0v) is 13.9. The van der Waals surface area contributed by atoms with Gasteiger partial charge in [0.2, 0.25) is 0 Å². The molecule has 2 aromatic carbocycles. The van der Waals surface area contributed by atoms with E-state index in [1.807, 2.05) is 54.6 Å². The van der Waals surface area contributed by atoms with Gasteiger partial charge in [-0.25, -0.2) is 4.79 Å². The molecule has 5 nitrogen and oxygen atoms in total. The van der Waals surface area contributed by atoms with Crippen LogP contribution in [0.15, 0.2) is 54.6 Å². The van der Waals surface area contributed by atoms with Crippen molar-refractivity contribution in [1.82, 2.24) is 5.32 Å². The molecule has 1 atom stereocenters. The molecule has 2 N–H and O–H groups in total. The molecule has 0 aliphatic carbocycles. The zero-order valence-electron chi connectivity index (χ0n) is 13.9. The van der Waals surface area contributed by atoms with Gasteiger partial charge in [0, 0.05) is 0 Å². The van der Waals surface area contributed by atoms with E-state index in [0.717, 1.165) is 16.7 Å². The Morgan fingerprint density at radius 3 is 2.08 bits per heavy atom. The largest absolute Gasteiger partial charge is 0.480 e. The fraction of sp³-hybridized carbons (Fsp3) is 0.263. The van der Waals surface area contributed by atoms with E-state index in [9.17, 15) is 9.59 Å². The highest BCUT2D eigenvalue weighted by Gasteiger charge is 2.27. The summed E-state index contributed by atoms with van der Waals surface area (Å²) in [6.45, 7) is 4.90. The number of aliphatic carboxylic acids is 1. The van der Waals surface area contributed by atoms with E-state index in [2.05, 4.69) is 5.32 Å². The number of hydrogen-bond donors (Lipinski definition) is 2. The minimum absolute atomic E-state index is 0.762. The molecule has 0 aliphatic heterocycles. The number of carboxylic acid groups (broad SMARTS) is 1. The summed E-state index contributed by atoms with van der Waals surface area (Å²) in [7, 11) is 0. The third-order valence-corrected chi connectivity index (χ3v) is 3.74. The van der Waals surface area contributed by atoms with Crippen molar-refractivity contribution in [3.63, 3.8) is 0 Å². The average molecular weight is 327 g/mol. The molecule has 0 radical (unpaired) electrons. The first-order valence-corrected chi connectivity index (χ1v) is 7.68. The van der Waals surface area contributed by atoms with Gasteiger partial charge in [0.15, 0.2) is 0 Å². The molecule has 5 heteroatoms. The minimum atomic E-state index is -1.11. The maximum atomic E-state index is 11.8. The second-order valence-corrected chi connectivity index (χ2v) is 6.05. The maximum absolute atomic E-state index is 11.8. The van der Waals surface area contributed by atoms with Gasteiger partial charge in [-0.1, -0.05) is 54.6 Å². The van der Waals surface area contributed by atoms with Crippen LogP contribution in [0, 0.1) is 0 Å². The van der Waals surface area contributed by atoms with Crippen LogP contribution in [0.5, 0.6) is 0 Å². The molecule has 0 saturated heterocycles. The maximum Gasteiger partial charge on any atom is 0.408 e. The van der Waals surface area contributed by atoms with E-state index < -0.39 is 23.7 Å². The first-order valence-electron chi connectivity index (χ1n) is 7.68. The van der Waals surface area contributed by atoms with Crippen molar-refractivity contribution in [3.05, 3.63) is 60.2 Å². The van der Waals surface area contributed by atoms with Crippen molar-refractivity contribution in [2.24, 2.45) is 0 Å². The van der Waals surface area contributed by atoms with E-state index >= 15 is 0 Å². The average Bonchev–Trinajstić information content (AvgIpc) is 2.55. The Morgan fingerprint density at radius 2 is 1.54 bits per heavy atom. The van der Waals surface area contributed by atoms with Gasteiger partial charge in [0.1, 0.15) is 11.6 Å². The summed E-state index contributed by atoms with van der Waals surface area (Å²) in [5, 5.41) is 11.1. The fourth-order valence-electron chi connectivity index (χ4n) is 2.25. The number of nitrogens with one attached hydrogen (secondary N) is 1. The van der Waals surface area contributed by atoms with Crippen LogP contribution in [-0.4, -0.2) is 23.2 Å². The number of ether oxygens (including phenoxy) is 1. The highest BCUT2D eigenvalue weighted by Crippen LogP contribution is 2.27. The molecule has 0 spiro atoms. The fourth-order valence-corrected chi connectivity index (χ4v) is 2.25. The van der Waals surface area contributed by atoms with Crippen LogP contribution in [0.1, 0.15) is 26.3 Å². The van der Waals surface area contributed by atoms with Crippen LogP contribution in [0.3, 0.4) is 0 Å². The van der Waals surface area contributed by atoms with Crippen LogP contribution in [0.25, 0.3) is 11.1 Å². The Labute approximate surface area is 141 Å². The summed E-state index contributed by atoms with van der Waals surface area (Å²) in [6, 6.07) is 16.7. The van der Waals surface area contributed by atoms with Crippen LogP contribution in [-0.2, 0) is 15.1 Å². The highest BCUT2D eigenvalue weighted by atomic mass is 16.6. The lowest BCUT2D eigenvalue weighted by Gasteiger charge is -2.26. The van der Waals surface area contributed by atoms with E-state index in [1.165, 1.54) is 6.92 Å². The van der Waals surface area contributed by atoms with E-state index in [1.54, 1.807) is 13.8 Å². The summed E-state index contributed by atoms with van der Waals surface area (Å²) < 4.78 is 5.38. The lowest BCUT2D eigenvalue weighted by molar-refractivity contribution is -0.139. The molecule has 24 heavy (non-hydrogen) atoms. The summed E-state index contributed by atoms with van der Waals surface area (Å²) >= 11 is 0. The molecular weight excluding hydrogens is 306 g/mol. The SMILES string of the molecule is C[C@H](NC(=O)OC(C)(C)c1ccc(-c2ccccc2)cc1)C(=O)O. The van der Waals surface area contributed by atoms with Gasteiger partial charge in [0.05, 0.1) is 0 Å². The molecule has 0 heterocycles. The molecule has 0 aliphatic rings. The van der Waals surface area contributed by atoms with Gasteiger partial charge >= 0.3 is 12.1 Å². The predicted molar refractivity (Wildman–Crippen MR) is 91.6 cm³/mol. The molecule has 1 amide bonds. The number of carbonyl (C=O) groups is 2. The summed E-state index contributed by atoms with van der Waals surface area (Å²) in [5.41, 5.74) is 2.12. The molecule has 0 bridgehead atoms. The molecular formula is C19H21NO4. The standard InChI is InChI=1S/C19H21NO4/c1-13(17(21)22)20-18(23)24-19(2,3)16-11-9-15(10-12-16)14-7-5-4-6-8-14/h4-13H,1-3H3,(H,20,23)(H,21,22)/t13-/m0/s1. The number of hydrogen-bond acceptors (Lipinski definition) is 3. The Balaban J connectivity index is 2.09. The van der Waals surface area contributed by atoms with Crippen molar-refractivity contribution in [3.8, 4) is 11.1 Å². The number of carboxylic acids is 1. The van der Waals surface area contributed by atoms with Gasteiger partial charge in [0.25, 0.3) is 0 Å². The Kier molecular flexibility index (Phi) is 5.24. The van der Waals surface area contributed by atoms with Gasteiger partial charge in [-0.15, -0.1) is 0 Å². The van der Waals surface area contributed by atoms with Gasteiger partial charge in [-0.3, -0.25) is 4.79 Å². The van der Waals surface area contributed by atoms with E-state index in [4.69, 9.17) is 9.84 Å². The quantitative estimate of drug-likeness (QED) is 0.876. The molecule has 0 aromatic heterocycles. The van der Waals surface area contributed by atoms with Crippen molar-refractivity contribution >= 4 is 12.1 Å². The number of amides is 1. The second-order valence-electron chi connectivity index (χ2n) is 6.05. The Hall–Kier alpha value is -2.82. The van der Waals surface area contributed by atoms with Crippen LogP contribution >= 0.6 is 0 Å². The molecule has 0 saturated carbocycles. The van der Waals surface area contributed by atoms with Crippen molar-refractivity contribution in [1.29, 1.82) is 0 Å². The second kappa shape index (κ2) is 7.17. The smallest absolute Gasteiger partial charge is 0.408 e. The minimum Gasteiger partial charge on any atom is -0.480 e. The first kappa shape index (κ1) is 17.5. The normalized spacial score (nSPS) is 12.3. The highest BCUT2D eigenvalue weighted by molar-refractivity contribution is 5.79. The van der Waals surface area contributed by atoms with Crippen LogP contribution in [0.4, 0.5) is 4.79 Å². The monoisotopic (exact) mass is 327 g/mol. The molecule has 0 fully saturated rings. The molecule has 2 aromatic rings. The van der Waals surface area contributed by atoms with Crippen molar-refractivity contribution in [2.75, 3.05) is 0 Å². The van der Waals surface area contributed by atoms with Crippen molar-refractivity contribution < 1.29 is 19.4 Å². The molecule has 0 unspecified atom stereocenters. The number of rotatable bonds is 5. The Morgan fingerprint density at radius 1 is 1.00 bits per heavy atom. The van der Waals surface area contributed by atoms with Crippen LogP contribution in [0.2, 0.25) is 0 Å². The topological polar surface area (TPSA) is 75.6 Å². The van der Waals surface area contributed by atoms with E-state index in [0.29, 0.717) is 0 Å². The summed E-state index contributed by atoms with van der Waals surface area (Å²) in [5.74, 6) is -1.11. The zero-order chi connectivity index (χ0) is 17.7. The summed E-state index contributed by atoms with van der Waals surface area (Å²) in [6.07, 6.45) is -0.762. The third kappa shape index (κ3) is 4.35. The first-order chi connectivity index (χ1) is 11.3. The number of alkyl carbamates (subject to hydrolysis) is 1. The lowest BCUT2D eigenvalue weighted by Crippen LogP contribution is -2.41. The van der Waals surface area contributed by atoms with E-state index in [-0.39, 0.29) is 0 Å². The summed E-state index contributed by atoms with van der Waals surface area (Å²) in [4.78, 5) is 22.6. The van der Waals surface area contributed by atoms with Crippen molar-refractivity contribution in [2.45, 2.75) is 32.4 Å². The third-order valence-electron chi connectivity index (χ3n) is 3.74. The van der Waals surface area contributed by atoms with Crippen LogP contribution < -0.4 is 5.32 Å². The van der Waals surface area contributed by atoms with Gasteiger partial charge in [-0.05, 0) is 37.5 Å². The van der Waals surface area contributed by atoms with Gasteiger partial charge in [-0.2, -0.15) is 0 Å². The molecule has 2 rings (SSSR count). The lowest BCUT2D eigenvalue weighted by atomic mass is 9.95. The Bertz CT molecular complexity index is 708. The predicted octanol–water partition coefficient (Wildman–Crippen LogP) is 3.79. The number of carbonyl (C=O) groups excluding carboxylic acids is 1. The molecule has 126 valence electrons. The number of benzene rings is 2. The van der Waals surface area contributed by atoms with Gasteiger partial charge < -0.3 is 15.2 Å².